The highest BCUT2D eigenvalue weighted by Crippen LogP contribution is 2.05. The topological polar surface area (TPSA) is 36.4 Å². The fourth-order valence-electron chi connectivity index (χ4n) is 1.78. The van der Waals surface area contributed by atoms with Gasteiger partial charge in [-0.1, -0.05) is 26.2 Å². The van der Waals surface area contributed by atoms with E-state index in [1.54, 1.807) is 11.3 Å². The number of nitrogens with zero attached hydrogens (tertiary/aromatic N) is 1. The molecule has 0 aliphatic rings. The normalized spacial score (nSPS) is 12.7. The summed E-state index contributed by atoms with van der Waals surface area (Å²) in [7, 11) is 1.82. The van der Waals surface area contributed by atoms with Crippen molar-refractivity contribution in [3.8, 4) is 0 Å². The van der Waals surface area contributed by atoms with E-state index in [1.807, 2.05) is 7.05 Å². The molecule has 0 aliphatic carbocycles. The zero-order valence-electron chi connectivity index (χ0n) is 12.1. The highest BCUT2D eigenvalue weighted by Gasteiger charge is 2.04. The maximum atomic E-state index is 4.25. The van der Waals surface area contributed by atoms with Gasteiger partial charge >= 0.3 is 0 Å². The molecule has 1 atom stereocenters. The maximum absolute atomic E-state index is 4.25. The Bertz CT molecular complexity index is 338. The van der Waals surface area contributed by atoms with Gasteiger partial charge in [0.2, 0.25) is 0 Å². The highest BCUT2D eigenvalue weighted by atomic mass is 127. The number of nitrogens with one attached hydrogen (secondary N) is 2. The van der Waals surface area contributed by atoms with Crippen molar-refractivity contribution in [3.63, 3.8) is 0 Å². The van der Waals surface area contributed by atoms with Crippen LogP contribution < -0.4 is 10.6 Å². The third kappa shape index (κ3) is 8.47. The van der Waals surface area contributed by atoms with Gasteiger partial charge in [0, 0.05) is 19.6 Å². The molecule has 0 spiro atoms. The van der Waals surface area contributed by atoms with Crippen LogP contribution in [0.4, 0.5) is 0 Å². The molecule has 3 nitrogen and oxygen atoms in total. The van der Waals surface area contributed by atoms with Gasteiger partial charge in [-0.2, -0.15) is 11.3 Å². The minimum atomic E-state index is 0. The fourth-order valence-corrected chi connectivity index (χ4v) is 2.45. The lowest BCUT2D eigenvalue weighted by Crippen LogP contribution is -2.41. The van der Waals surface area contributed by atoms with Crippen molar-refractivity contribution in [2.45, 2.75) is 52.1 Å². The van der Waals surface area contributed by atoms with Crippen LogP contribution in [0.15, 0.2) is 21.8 Å². The van der Waals surface area contributed by atoms with Crippen LogP contribution in [0.1, 0.15) is 45.1 Å². The van der Waals surface area contributed by atoms with Gasteiger partial charge in [-0.15, -0.1) is 24.0 Å². The van der Waals surface area contributed by atoms with Gasteiger partial charge in [0.1, 0.15) is 0 Å². The van der Waals surface area contributed by atoms with Gasteiger partial charge in [0.15, 0.2) is 5.96 Å². The summed E-state index contributed by atoms with van der Waals surface area (Å²) in [5, 5.41) is 11.0. The SMILES string of the molecule is CCCCCC(C)NC(=NC)NCc1ccsc1.I. The first kappa shape index (κ1) is 18.7. The number of halogens is 1. The minimum Gasteiger partial charge on any atom is -0.354 e. The molecule has 1 heterocycles. The molecule has 0 saturated heterocycles. The summed E-state index contributed by atoms with van der Waals surface area (Å²) in [6.07, 6.45) is 5.07. The summed E-state index contributed by atoms with van der Waals surface area (Å²) in [6.45, 7) is 5.29. The highest BCUT2D eigenvalue weighted by molar-refractivity contribution is 14.0. The molecule has 1 rings (SSSR count). The number of hydrogen-bond donors (Lipinski definition) is 2. The van der Waals surface area contributed by atoms with Crippen LogP contribution in [-0.4, -0.2) is 19.0 Å². The molecular formula is C14H26IN3S. The standard InChI is InChI=1S/C14H25N3S.HI/c1-4-5-6-7-12(2)17-14(15-3)16-10-13-8-9-18-11-13;/h8-9,11-12H,4-7,10H2,1-3H3,(H2,15,16,17);1H. The quantitative estimate of drug-likeness (QED) is 0.317. The number of unbranched alkanes of at least 4 members (excludes halogenated alkanes) is 2. The van der Waals surface area contributed by atoms with Crippen LogP contribution in [0.2, 0.25) is 0 Å². The van der Waals surface area contributed by atoms with E-state index in [0.29, 0.717) is 6.04 Å². The lowest BCUT2D eigenvalue weighted by atomic mass is 10.1. The molecule has 5 heteroatoms. The summed E-state index contributed by atoms with van der Waals surface area (Å²) < 4.78 is 0. The first-order valence-corrected chi connectivity index (χ1v) is 7.68. The lowest BCUT2D eigenvalue weighted by Gasteiger charge is -2.17. The molecule has 2 N–H and O–H groups in total. The van der Waals surface area contributed by atoms with E-state index >= 15 is 0 Å². The molecule has 0 bridgehead atoms. The minimum absolute atomic E-state index is 0. The van der Waals surface area contributed by atoms with Crippen molar-refractivity contribution >= 4 is 41.3 Å². The summed E-state index contributed by atoms with van der Waals surface area (Å²) in [4.78, 5) is 4.25. The van der Waals surface area contributed by atoms with E-state index in [1.165, 1.54) is 31.2 Å². The molecule has 0 aromatic carbocycles. The van der Waals surface area contributed by atoms with Crippen molar-refractivity contribution < 1.29 is 0 Å². The Morgan fingerprint density at radius 1 is 1.42 bits per heavy atom. The van der Waals surface area contributed by atoms with Crippen LogP contribution in [-0.2, 0) is 6.54 Å². The van der Waals surface area contributed by atoms with Crippen molar-refractivity contribution in [3.05, 3.63) is 22.4 Å². The molecule has 0 amide bonds. The van der Waals surface area contributed by atoms with Gasteiger partial charge < -0.3 is 10.6 Å². The van der Waals surface area contributed by atoms with E-state index in [9.17, 15) is 0 Å². The van der Waals surface area contributed by atoms with Gasteiger partial charge in [-0.25, -0.2) is 0 Å². The average Bonchev–Trinajstić information content (AvgIpc) is 2.88. The summed E-state index contributed by atoms with van der Waals surface area (Å²) in [6, 6.07) is 2.61. The average molecular weight is 395 g/mol. The van der Waals surface area contributed by atoms with E-state index < -0.39 is 0 Å². The van der Waals surface area contributed by atoms with E-state index in [-0.39, 0.29) is 24.0 Å². The van der Waals surface area contributed by atoms with Gasteiger partial charge in [-0.3, -0.25) is 4.99 Å². The van der Waals surface area contributed by atoms with Crippen LogP contribution >= 0.6 is 35.3 Å². The Kier molecular flexibility index (Phi) is 11.3. The molecule has 1 unspecified atom stereocenters. The molecule has 0 aliphatic heterocycles. The maximum Gasteiger partial charge on any atom is 0.191 e. The van der Waals surface area contributed by atoms with Gasteiger partial charge in [0.25, 0.3) is 0 Å². The second-order valence-corrected chi connectivity index (χ2v) is 5.38. The Hall–Kier alpha value is -0.300. The van der Waals surface area contributed by atoms with Crippen LogP contribution in [0.3, 0.4) is 0 Å². The number of rotatable bonds is 7. The summed E-state index contributed by atoms with van der Waals surface area (Å²) in [5.74, 6) is 0.894. The Balaban J connectivity index is 0.00000324. The van der Waals surface area contributed by atoms with E-state index in [4.69, 9.17) is 0 Å². The second kappa shape index (κ2) is 11.5. The van der Waals surface area contributed by atoms with Crippen molar-refractivity contribution in [2.24, 2.45) is 4.99 Å². The summed E-state index contributed by atoms with van der Waals surface area (Å²) in [5.41, 5.74) is 1.31. The monoisotopic (exact) mass is 395 g/mol. The van der Waals surface area contributed by atoms with Crippen molar-refractivity contribution in [1.82, 2.24) is 10.6 Å². The molecule has 19 heavy (non-hydrogen) atoms. The number of guanidine groups is 1. The van der Waals surface area contributed by atoms with Crippen LogP contribution in [0.25, 0.3) is 0 Å². The zero-order valence-corrected chi connectivity index (χ0v) is 15.3. The third-order valence-corrected chi connectivity index (χ3v) is 3.62. The number of thiophene rings is 1. The molecular weight excluding hydrogens is 369 g/mol. The Morgan fingerprint density at radius 2 is 2.21 bits per heavy atom. The molecule has 1 aromatic heterocycles. The Labute approximate surface area is 138 Å². The summed E-state index contributed by atoms with van der Waals surface area (Å²) >= 11 is 1.73. The predicted molar refractivity (Wildman–Crippen MR) is 96.7 cm³/mol. The fraction of sp³-hybridized carbons (Fsp3) is 0.643. The van der Waals surface area contributed by atoms with Gasteiger partial charge in [0.05, 0.1) is 0 Å². The third-order valence-electron chi connectivity index (χ3n) is 2.89. The molecule has 0 saturated carbocycles. The second-order valence-electron chi connectivity index (χ2n) is 4.60. The van der Waals surface area contributed by atoms with E-state index in [0.717, 1.165) is 12.5 Å². The van der Waals surface area contributed by atoms with E-state index in [2.05, 4.69) is 46.3 Å². The molecule has 0 radical (unpaired) electrons. The molecule has 0 fully saturated rings. The number of hydrogen-bond acceptors (Lipinski definition) is 2. The molecule has 1 aromatic rings. The number of aliphatic imine (C=N–C) groups is 1. The lowest BCUT2D eigenvalue weighted by molar-refractivity contribution is 0.547. The molecule has 110 valence electrons. The zero-order chi connectivity index (χ0) is 13.2. The van der Waals surface area contributed by atoms with Crippen molar-refractivity contribution in [2.75, 3.05) is 7.05 Å². The smallest absolute Gasteiger partial charge is 0.191 e. The predicted octanol–water partition coefficient (Wildman–Crippen LogP) is 4.00. The first-order valence-electron chi connectivity index (χ1n) is 6.74. The van der Waals surface area contributed by atoms with Crippen LogP contribution in [0, 0.1) is 0 Å². The largest absolute Gasteiger partial charge is 0.354 e. The van der Waals surface area contributed by atoms with Crippen LogP contribution in [0.5, 0.6) is 0 Å². The van der Waals surface area contributed by atoms with Crippen molar-refractivity contribution in [1.29, 1.82) is 0 Å². The van der Waals surface area contributed by atoms with Gasteiger partial charge in [-0.05, 0) is 35.7 Å². The first-order chi connectivity index (χ1) is 8.76. The Morgan fingerprint density at radius 3 is 2.79 bits per heavy atom.